The van der Waals surface area contributed by atoms with Crippen molar-refractivity contribution in [3.63, 3.8) is 0 Å². The molecule has 2 rings (SSSR count). The number of carbonyl (C=O) groups excluding carboxylic acids is 1. The van der Waals surface area contributed by atoms with Crippen molar-refractivity contribution in [2.45, 2.75) is 37.6 Å². The molecule has 1 saturated heterocycles. The fourth-order valence-electron chi connectivity index (χ4n) is 1.53. The highest BCUT2D eigenvalue weighted by atomic mass is 16.1. The highest BCUT2D eigenvalue weighted by Gasteiger charge is 2.45. The topological polar surface area (TPSA) is 76.7 Å². The van der Waals surface area contributed by atoms with E-state index in [1.54, 1.807) is 0 Å². The summed E-state index contributed by atoms with van der Waals surface area (Å²) in [5.74, 6) is 0.263. The van der Waals surface area contributed by atoms with Crippen molar-refractivity contribution in [1.82, 2.24) is 5.32 Å². The van der Waals surface area contributed by atoms with Crippen LogP contribution in [0.3, 0.4) is 0 Å². The van der Waals surface area contributed by atoms with E-state index in [4.69, 9.17) is 10.8 Å². The zero-order chi connectivity index (χ0) is 8.32. The normalized spacial score (nSPS) is 24.7. The SMILES string of the molecule is N#N.O=C1CCCC2(CC2)N1. The third kappa shape index (κ3) is 1.67. The smallest absolute Gasteiger partial charge is 0.220 e. The Kier molecular flexibility index (Phi) is 2.08. The molecule has 2 aliphatic rings. The first-order chi connectivity index (χ1) is 5.31. The molecule has 4 nitrogen and oxygen atoms in total. The van der Waals surface area contributed by atoms with E-state index in [9.17, 15) is 4.79 Å². The quantitative estimate of drug-likeness (QED) is 0.524. The number of carbonyl (C=O) groups is 1. The number of hydrogen-bond donors (Lipinski definition) is 1. The monoisotopic (exact) mass is 153 g/mol. The van der Waals surface area contributed by atoms with Crippen LogP contribution in [-0.4, -0.2) is 11.4 Å². The third-order valence-corrected chi connectivity index (χ3v) is 2.32. The van der Waals surface area contributed by atoms with Gasteiger partial charge < -0.3 is 5.32 Å². The molecule has 1 amide bonds. The van der Waals surface area contributed by atoms with Crippen LogP contribution in [0, 0.1) is 10.8 Å². The van der Waals surface area contributed by atoms with Gasteiger partial charge in [-0.15, -0.1) is 0 Å². The fraction of sp³-hybridized carbons (Fsp3) is 0.857. The molecule has 1 heterocycles. The highest BCUT2D eigenvalue weighted by molar-refractivity contribution is 5.78. The van der Waals surface area contributed by atoms with Gasteiger partial charge in [0, 0.05) is 22.7 Å². The largest absolute Gasteiger partial charge is 0.351 e. The maximum atomic E-state index is 10.8. The van der Waals surface area contributed by atoms with Crippen molar-refractivity contribution >= 4 is 5.91 Å². The molecule has 4 heteroatoms. The van der Waals surface area contributed by atoms with Gasteiger partial charge in [0.2, 0.25) is 5.91 Å². The summed E-state index contributed by atoms with van der Waals surface area (Å²) in [5.41, 5.74) is 0.301. The lowest BCUT2D eigenvalue weighted by Gasteiger charge is -2.21. The molecule has 2 fully saturated rings. The van der Waals surface area contributed by atoms with E-state index >= 15 is 0 Å². The first-order valence-electron chi connectivity index (χ1n) is 3.82. The van der Waals surface area contributed by atoms with Gasteiger partial charge >= 0.3 is 0 Å². The predicted octanol–water partition coefficient (Wildman–Crippen LogP) is 0.849. The maximum Gasteiger partial charge on any atom is 0.220 e. The lowest BCUT2D eigenvalue weighted by atomic mass is 10.0. The predicted molar refractivity (Wildman–Crippen MR) is 37.4 cm³/mol. The Labute approximate surface area is 65.4 Å². The average molecular weight is 153 g/mol. The summed E-state index contributed by atoms with van der Waals surface area (Å²) in [6.07, 6.45) is 5.52. The van der Waals surface area contributed by atoms with Gasteiger partial charge in [0.05, 0.1) is 0 Å². The first-order valence-corrected chi connectivity index (χ1v) is 3.82. The molecule has 11 heavy (non-hydrogen) atoms. The molecule has 1 aliphatic heterocycles. The van der Waals surface area contributed by atoms with Crippen LogP contribution in [-0.2, 0) is 4.79 Å². The van der Waals surface area contributed by atoms with Gasteiger partial charge in [0.15, 0.2) is 0 Å². The molecule has 0 aromatic rings. The number of nitrogens with one attached hydrogen (secondary N) is 1. The van der Waals surface area contributed by atoms with Crippen LogP contribution in [0.5, 0.6) is 0 Å². The van der Waals surface area contributed by atoms with Gasteiger partial charge in [-0.2, -0.15) is 0 Å². The van der Waals surface area contributed by atoms with Crippen LogP contribution in [0.4, 0.5) is 0 Å². The van der Waals surface area contributed by atoms with Gasteiger partial charge in [-0.1, -0.05) is 0 Å². The van der Waals surface area contributed by atoms with E-state index in [0.717, 1.165) is 12.8 Å². The molecular formula is C7H11N3O. The minimum absolute atomic E-state index is 0.263. The molecule has 1 saturated carbocycles. The number of amides is 1. The number of piperidine rings is 1. The Morgan fingerprint density at radius 3 is 2.27 bits per heavy atom. The van der Waals surface area contributed by atoms with Crippen LogP contribution < -0.4 is 5.32 Å². The molecule has 1 N–H and O–H groups in total. The van der Waals surface area contributed by atoms with Crippen LogP contribution >= 0.6 is 0 Å². The maximum absolute atomic E-state index is 10.8. The summed E-state index contributed by atoms with van der Waals surface area (Å²) in [6.45, 7) is 0. The summed E-state index contributed by atoms with van der Waals surface area (Å²) in [6, 6.07) is 0. The van der Waals surface area contributed by atoms with Crippen LogP contribution in [0.25, 0.3) is 0 Å². The number of nitrogens with zero attached hydrogens (tertiary/aromatic N) is 2. The Balaban J connectivity index is 0.000000281. The van der Waals surface area contributed by atoms with Crippen molar-refractivity contribution < 1.29 is 4.79 Å². The molecule has 0 unspecified atom stereocenters. The minimum Gasteiger partial charge on any atom is -0.351 e. The molecule has 60 valence electrons. The van der Waals surface area contributed by atoms with Gasteiger partial charge in [-0.3, -0.25) is 4.79 Å². The Morgan fingerprint density at radius 1 is 1.27 bits per heavy atom. The van der Waals surface area contributed by atoms with Crippen LogP contribution in [0.15, 0.2) is 0 Å². The van der Waals surface area contributed by atoms with Crippen LogP contribution in [0.1, 0.15) is 32.1 Å². The molecular weight excluding hydrogens is 142 g/mol. The number of rotatable bonds is 0. The molecule has 1 spiro atoms. The van der Waals surface area contributed by atoms with Gasteiger partial charge in [0.1, 0.15) is 0 Å². The van der Waals surface area contributed by atoms with Crippen molar-refractivity contribution in [3.05, 3.63) is 0 Å². The summed E-state index contributed by atoms with van der Waals surface area (Å²) in [5, 5.41) is 15.0. The second-order valence-corrected chi connectivity index (χ2v) is 3.18. The summed E-state index contributed by atoms with van der Waals surface area (Å²) < 4.78 is 0. The van der Waals surface area contributed by atoms with E-state index in [-0.39, 0.29) is 5.91 Å². The zero-order valence-electron chi connectivity index (χ0n) is 6.34. The Hall–Kier alpha value is -1.11. The Morgan fingerprint density at radius 2 is 1.91 bits per heavy atom. The molecule has 0 aromatic heterocycles. The van der Waals surface area contributed by atoms with E-state index in [2.05, 4.69) is 5.32 Å². The second kappa shape index (κ2) is 2.87. The average Bonchev–Trinajstić information content (AvgIpc) is 2.73. The Bertz CT molecular complexity index is 183. The minimum atomic E-state index is 0.263. The standard InChI is InChI=1S/C7H11NO.N2/c9-6-2-1-3-7(8-6)4-5-7;1-2/h1-5H2,(H,8,9);. The van der Waals surface area contributed by atoms with Crippen molar-refractivity contribution in [1.29, 1.82) is 10.8 Å². The number of hydrogen-bond acceptors (Lipinski definition) is 3. The molecule has 0 atom stereocenters. The summed E-state index contributed by atoms with van der Waals surface area (Å²) >= 11 is 0. The lowest BCUT2D eigenvalue weighted by Crippen LogP contribution is -2.40. The third-order valence-electron chi connectivity index (χ3n) is 2.32. The summed E-state index contributed by atoms with van der Waals surface area (Å²) in [7, 11) is 0. The molecule has 0 aromatic carbocycles. The van der Waals surface area contributed by atoms with E-state index < -0.39 is 0 Å². The fourth-order valence-corrected chi connectivity index (χ4v) is 1.53. The van der Waals surface area contributed by atoms with Crippen molar-refractivity contribution in [2.24, 2.45) is 0 Å². The van der Waals surface area contributed by atoms with Gasteiger partial charge in [-0.05, 0) is 25.7 Å². The second-order valence-electron chi connectivity index (χ2n) is 3.18. The van der Waals surface area contributed by atoms with Crippen molar-refractivity contribution in [2.75, 3.05) is 0 Å². The van der Waals surface area contributed by atoms with E-state index in [1.165, 1.54) is 19.3 Å². The lowest BCUT2D eigenvalue weighted by molar-refractivity contribution is -0.123. The van der Waals surface area contributed by atoms with Crippen molar-refractivity contribution in [3.8, 4) is 0 Å². The highest BCUT2D eigenvalue weighted by Crippen LogP contribution is 2.41. The molecule has 0 radical (unpaired) electrons. The van der Waals surface area contributed by atoms with Crippen LogP contribution in [0.2, 0.25) is 0 Å². The molecule has 1 aliphatic carbocycles. The van der Waals surface area contributed by atoms with Gasteiger partial charge in [0.25, 0.3) is 0 Å². The molecule has 0 bridgehead atoms. The van der Waals surface area contributed by atoms with E-state index in [1.807, 2.05) is 0 Å². The zero-order valence-corrected chi connectivity index (χ0v) is 6.34. The summed E-state index contributed by atoms with van der Waals surface area (Å²) in [4.78, 5) is 10.8. The van der Waals surface area contributed by atoms with Gasteiger partial charge in [-0.25, -0.2) is 0 Å². The first kappa shape index (κ1) is 7.99. The van der Waals surface area contributed by atoms with E-state index in [0.29, 0.717) is 5.54 Å².